The molecule has 1 saturated heterocycles. The number of ether oxygens (including phenoxy) is 2. The highest BCUT2D eigenvalue weighted by Gasteiger charge is 2.34. The summed E-state index contributed by atoms with van der Waals surface area (Å²) in [7, 11) is 3.35. The van der Waals surface area contributed by atoms with E-state index in [1.54, 1.807) is 49.3 Å². The summed E-state index contributed by atoms with van der Waals surface area (Å²) in [6.07, 6.45) is 3.46. The topological polar surface area (TPSA) is 68.6 Å². The molecule has 1 aliphatic heterocycles. The summed E-state index contributed by atoms with van der Waals surface area (Å²) >= 11 is 23.8. The second-order valence-electron chi connectivity index (χ2n) is 7.46. The Morgan fingerprint density at radius 3 is 2.50 bits per heavy atom. The van der Waals surface area contributed by atoms with Gasteiger partial charge in [0.1, 0.15) is 18.1 Å². The van der Waals surface area contributed by atoms with Gasteiger partial charge < -0.3 is 14.8 Å². The standard InChI is InChI=1S/C23H19Cl3N4O3S/c1-12-19(10-29(2)28-12)30-22(31)18(27-23(30)34)7-13-4-5-20(32-3)14(6-13)11-33-21-16(25)8-15(24)9-17(21)26/h4-10H,11H2,1-3H3,(H,27,34)/b18-7+. The second-order valence-corrected chi connectivity index (χ2v) is 9.10. The molecule has 0 atom stereocenters. The van der Waals surface area contributed by atoms with Crippen molar-refractivity contribution in [2.45, 2.75) is 13.5 Å². The Hall–Kier alpha value is -2.78. The van der Waals surface area contributed by atoms with E-state index < -0.39 is 0 Å². The van der Waals surface area contributed by atoms with E-state index in [2.05, 4.69) is 10.4 Å². The molecule has 0 radical (unpaired) electrons. The van der Waals surface area contributed by atoms with Crippen molar-refractivity contribution in [1.29, 1.82) is 0 Å². The number of anilines is 1. The third-order valence-electron chi connectivity index (χ3n) is 5.06. The molecular weight excluding hydrogens is 519 g/mol. The number of hydrogen-bond donors (Lipinski definition) is 1. The Labute approximate surface area is 216 Å². The highest BCUT2D eigenvalue weighted by atomic mass is 35.5. The van der Waals surface area contributed by atoms with E-state index in [0.29, 0.717) is 43.6 Å². The maximum atomic E-state index is 13.1. The fourth-order valence-electron chi connectivity index (χ4n) is 3.55. The number of methoxy groups -OCH3 is 1. The smallest absolute Gasteiger partial charge is 0.281 e. The van der Waals surface area contributed by atoms with E-state index >= 15 is 0 Å². The number of thiocarbonyl (C=S) groups is 1. The summed E-state index contributed by atoms with van der Waals surface area (Å²) in [5.41, 5.74) is 3.15. The van der Waals surface area contributed by atoms with Gasteiger partial charge in [0.15, 0.2) is 10.9 Å². The monoisotopic (exact) mass is 536 g/mol. The lowest BCUT2D eigenvalue weighted by Crippen LogP contribution is -2.30. The zero-order chi connectivity index (χ0) is 24.6. The SMILES string of the molecule is COc1ccc(/C=C2/NC(=S)N(c3cn(C)nc3C)C2=O)cc1COc1c(Cl)cc(Cl)cc1Cl. The number of aromatic nitrogens is 2. The molecule has 0 unspecified atom stereocenters. The first-order valence-corrected chi connectivity index (χ1v) is 11.5. The lowest BCUT2D eigenvalue weighted by Gasteiger charge is -2.13. The minimum absolute atomic E-state index is 0.127. The third-order valence-corrected chi connectivity index (χ3v) is 6.12. The normalized spacial score (nSPS) is 14.6. The van der Waals surface area contributed by atoms with E-state index in [9.17, 15) is 4.79 Å². The molecule has 1 fully saturated rings. The molecule has 2 aromatic carbocycles. The van der Waals surface area contributed by atoms with Crippen molar-refractivity contribution in [2.24, 2.45) is 7.05 Å². The highest BCUT2D eigenvalue weighted by Crippen LogP contribution is 2.37. The van der Waals surface area contributed by atoms with Crippen LogP contribution in [-0.4, -0.2) is 27.9 Å². The van der Waals surface area contributed by atoms with E-state index in [1.165, 1.54) is 4.90 Å². The van der Waals surface area contributed by atoms with Crippen LogP contribution in [0.15, 0.2) is 42.2 Å². The number of rotatable bonds is 6. The molecule has 176 valence electrons. The molecule has 4 rings (SSSR count). The van der Waals surface area contributed by atoms with Gasteiger partial charge in [0.05, 0.1) is 28.5 Å². The number of hydrogen-bond acceptors (Lipinski definition) is 5. The van der Waals surface area contributed by atoms with Crippen LogP contribution >= 0.6 is 47.0 Å². The van der Waals surface area contributed by atoms with E-state index in [-0.39, 0.29) is 17.6 Å². The van der Waals surface area contributed by atoms with Crippen LogP contribution in [0.25, 0.3) is 6.08 Å². The van der Waals surface area contributed by atoms with Gasteiger partial charge >= 0.3 is 0 Å². The minimum atomic E-state index is -0.269. The first kappa shape index (κ1) is 24.3. The Morgan fingerprint density at radius 1 is 1.18 bits per heavy atom. The molecule has 0 aliphatic carbocycles. The van der Waals surface area contributed by atoms with Crippen LogP contribution in [-0.2, 0) is 18.4 Å². The molecule has 2 heterocycles. The molecule has 0 saturated carbocycles. The second kappa shape index (κ2) is 9.84. The van der Waals surface area contributed by atoms with E-state index in [4.69, 9.17) is 56.5 Å². The van der Waals surface area contributed by atoms with Gasteiger partial charge in [-0.1, -0.05) is 40.9 Å². The Balaban J connectivity index is 1.60. The summed E-state index contributed by atoms with van der Waals surface area (Å²) in [6, 6.07) is 8.57. The van der Waals surface area contributed by atoms with Crippen LogP contribution in [0.3, 0.4) is 0 Å². The summed E-state index contributed by atoms with van der Waals surface area (Å²) < 4.78 is 13.0. The van der Waals surface area contributed by atoms with Crippen molar-refractivity contribution < 1.29 is 14.3 Å². The summed E-state index contributed by atoms with van der Waals surface area (Å²) in [5.74, 6) is 0.658. The zero-order valence-electron chi connectivity index (χ0n) is 18.4. The van der Waals surface area contributed by atoms with Crippen LogP contribution in [0.1, 0.15) is 16.8 Å². The molecule has 1 aliphatic rings. The summed E-state index contributed by atoms with van der Waals surface area (Å²) in [5, 5.41) is 8.58. The number of benzene rings is 2. The minimum Gasteiger partial charge on any atom is -0.496 e. The quantitative estimate of drug-likeness (QED) is 0.329. The number of carbonyl (C=O) groups excluding carboxylic acids is 1. The molecule has 0 bridgehead atoms. The van der Waals surface area contributed by atoms with E-state index in [1.807, 2.05) is 19.1 Å². The average molecular weight is 538 g/mol. The van der Waals surface area contributed by atoms with Crippen LogP contribution < -0.4 is 19.7 Å². The fourth-order valence-corrected chi connectivity index (χ4v) is 4.76. The summed E-state index contributed by atoms with van der Waals surface area (Å²) in [4.78, 5) is 14.5. The Morgan fingerprint density at radius 2 is 1.88 bits per heavy atom. The molecule has 1 amide bonds. The van der Waals surface area contributed by atoms with Crippen molar-refractivity contribution in [3.8, 4) is 11.5 Å². The van der Waals surface area contributed by atoms with Gasteiger partial charge in [-0.3, -0.25) is 9.48 Å². The number of nitrogens with one attached hydrogen (secondary N) is 1. The van der Waals surface area contributed by atoms with Crippen LogP contribution in [0, 0.1) is 6.92 Å². The lowest BCUT2D eigenvalue weighted by atomic mass is 10.1. The van der Waals surface area contributed by atoms with Gasteiger partial charge in [-0.25, -0.2) is 4.90 Å². The van der Waals surface area contributed by atoms with Gasteiger partial charge in [-0.05, 0) is 55.0 Å². The molecule has 34 heavy (non-hydrogen) atoms. The maximum absolute atomic E-state index is 13.1. The maximum Gasteiger partial charge on any atom is 0.281 e. The number of aryl methyl sites for hydroxylation is 2. The molecule has 1 N–H and O–H groups in total. The number of carbonyl (C=O) groups is 1. The lowest BCUT2D eigenvalue weighted by molar-refractivity contribution is -0.113. The first-order chi connectivity index (χ1) is 16.2. The predicted octanol–water partition coefficient (Wildman–Crippen LogP) is 5.54. The fraction of sp³-hybridized carbons (Fsp3) is 0.174. The number of halogens is 3. The number of amides is 1. The van der Waals surface area contributed by atoms with Crippen molar-refractivity contribution in [3.63, 3.8) is 0 Å². The van der Waals surface area contributed by atoms with E-state index in [0.717, 1.165) is 11.1 Å². The molecule has 3 aromatic rings. The van der Waals surface area contributed by atoms with Crippen molar-refractivity contribution >= 4 is 69.8 Å². The number of nitrogens with zero attached hydrogens (tertiary/aromatic N) is 3. The molecule has 0 spiro atoms. The third kappa shape index (κ3) is 4.86. The van der Waals surface area contributed by atoms with Gasteiger partial charge in [0, 0.05) is 23.8 Å². The van der Waals surface area contributed by atoms with Gasteiger partial charge in [0.2, 0.25) is 0 Å². The zero-order valence-corrected chi connectivity index (χ0v) is 21.4. The van der Waals surface area contributed by atoms with Gasteiger partial charge in [-0.15, -0.1) is 0 Å². The molecule has 1 aromatic heterocycles. The molecular formula is C23H19Cl3N4O3S. The Kier molecular flexibility index (Phi) is 7.04. The van der Waals surface area contributed by atoms with Crippen LogP contribution in [0.2, 0.25) is 15.1 Å². The first-order valence-electron chi connectivity index (χ1n) is 9.99. The molecule has 7 nitrogen and oxygen atoms in total. The highest BCUT2D eigenvalue weighted by molar-refractivity contribution is 7.80. The van der Waals surface area contributed by atoms with Crippen LogP contribution in [0.4, 0.5) is 5.69 Å². The molecule has 11 heteroatoms. The Bertz CT molecular complexity index is 1320. The largest absolute Gasteiger partial charge is 0.496 e. The van der Waals surface area contributed by atoms with Gasteiger partial charge in [-0.2, -0.15) is 5.10 Å². The van der Waals surface area contributed by atoms with Crippen molar-refractivity contribution in [2.75, 3.05) is 12.0 Å². The van der Waals surface area contributed by atoms with Gasteiger partial charge in [0.25, 0.3) is 5.91 Å². The predicted molar refractivity (Wildman–Crippen MR) is 138 cm³/mol. The van der Waals surface area contributed by atoms with Crippen molar-refractivity contribution in [1.82, 2.24) is 15.1 Å². The average Bonchev–Trinajstić information content (AvgIpc) is 3.23. The van der Waals surface area contributed by atoms with Crippen molar-refractivity contribution in [3.05, 3.63) is 74.1 Å². The summed E-state index contributed by atoms with van der Waals surface area (Å²) in [6.45, 7) is 1.95. The van der Waals surface area contributed by atoms with Crippen LogP contribution in [0.5, 0.6) is 11.5 Å².